The van der Waals surface area contributed by atoms with Crippen LogP contribution in [0.4, 0.5) is 5.69 Å². The molecule has 0 radical (unpaired) electrons. The normalized spacial score (nSPS) is 26.4. The number of anilines is 1. The molecule has 2 aliphatic heterocycles. The van der Waals surface area contributed by atoms with Crippen LogP contribution in [-0.2, 0) is 14.3 Å². The summed E-state index contributed by atoms with van der Waals surface area (Å²) in [5, 5.41) is 2.88. The minimum Gasteiger partial charge on any atom is -0.369 e. The highest BCUT2D eigenvalue weighted by Gasteiger charge is 2.37. The van der Waals surface area contributed by atoms with E-state index in [1.54, 1.807) is 24.3 Å². The topological polar surface area (TPSA) is 67.9 Å². The number of carbonyl (C=O) groups is 2. The predicted molar refractivity (Wildman–Crippen MR) is 114 cm³/mol. The largest absolute Gasteiger partial charge is 0.369 e. The number of carbonyl (C=O) groups excluding carboxylic acids is 2. The molecule has 4 rings (SSSR count). The van der Waals surface area contributed by atoms with Gasteiger partial charge in [-0.05, 0) is 50.5 Å². The van der Waals surface area contributed by atoms with Crippen molar-refractivity contribution in [3.63, 3.8) is 0 Å². The minimum absolute atomic E-state index is 0.0439. The lowest BCUT2D eigenvalue weighted by Gasteiger charge is -2.44. The molecule has 30 heavy (non-hydrogen) atoms. The summed E-state index contributed by atoms with van der Waals surface area (Å²) in [5.74, 6) is -0.221. The highest BCUT2D eigenvalue weighted by molar-refractivity contribution is 5.98. The number of hydrogen-bond donors (Lipinski definition) is 1. The zero-order chi connectivity index (χ0) is 21.1. The predicted octanol–water partition coefficient (Wildman–Crippen LogP) is 3.79. The lowest BCUT2D eigenvalue weighted by Crippen LogP contribution is -2.53. The van der Waals surface area contributed by atoms with E-state index in [-0.39, 0.29) is 30.0 Å². The van der Waals surface area contributed by atoms with E-state index in [4.69, 9.17) is 9.47 Å². The van der Waals surface area contributed by atoms with Gasteiger partial charge in [0.25, 0.3) is 11.8 Å². The molecular formula is C24H28N2O4. The Kier molecular flexibility index (Phi) is 6.16. The molecule has 2 saturated heterocycles. The molecular weight excluding hydrogens is 380 g/mol. The Bertz CT molecular complexity index is 895. The molecule has 0 bridgehead atoms. The van der Waals surface area contributed by atoms with Gasteiger partial charge in [0.15, 0.2) is 0 Å². The third-order valence-electron chi connectivity index (χ3n) is 5.83. The van der Waals surface area contributed by atoms with Gasteiger partial charge in [-0.2, -0.15) is 0 Å². The molecule has 2 amide bonds. The van der Waals surface area contributed by atoms with Crippen molar-refractivity contribution in [1.29, 1.82) is 0 Å². The number of hydrogen-bond acceptors (Lipinski definition) is 4. The van der Waals surface area contributed by atoms with Gasteiger partial charge in [0, 0.05) is 17.9 Å². The van der Waals surface area contributed by atoms with Gasteiger partial charge in [0.2, 0.25) is 0 Å². The second kappa shape index (κ2) is 8.98. The van der Waals surface area contributed by atoms with E-state index >= 15 is 0 Å². The Morgan fingerprint density at radius 1 is 1.03 bits per heavy atom. The summed E-state index contributed by atoms with van der Waals surface area (Å²) < 4.78 is 11.5. The summed E-state index contributed by atoms with van der Waals surface area (Å²) >= 11 is 0. The van der Waals surface area contributed by atoms with Crippen molar-refractivity contribution in [2.45, 2.75) is 51.0 Å². The fourth-order valence-corrected chi connectivity index (χ4v) is 4.30. The number of nitrogens with zero attached hydrogens (tertiary/aromatic N) is 1. The molecule has 0 spiro atoms. The summed E-state index contributed by atoms with van der Waals surface area (Å²) in [7, 11) is 0. The molecule has 4 atom stereocenters. The first kappa shape index (κ1) is 20.6. The smallest absolute Gasteiger partial charge is 0.254 e. The van der Waals surface area contributed by atoms with Crippen molar-refractivity contribution in [1.82, 2.24) is 4.90 Å². The second-order valence-corrected chi connectivity index (χ2v) is 8.04. The maximum absolute atomic E-state index is 13.4. The number of morpholine rings is 1. The summed E-state index contributed by atoms with van der Waals surface area (Å²) in [6, 6.07) is 16.9. The summed E-state index contributed by atoms with van der Waals surface area (Å²) in [6.07, 6.45) is 1.05. The lowest BCUT2D eigenvalue weighted by atomic mass is 9.97. The van der Waals surface area contributed by atoms with Crippen LogP contribution in [0.15, 0.2) is 54.6 Å². The Morgan fingerprint density at radius 3 is 2.57 bits per heavy atom. The van der Waals surface area contributed by atoms with Crippen LogP contribution in [0.5, 0.6) is 0 Å². The van der Waals surface area contributed by atoms with Gasteiger partial charge >= 0.3 is 0 Å². The molecule has 2 aromatic rings. The highest BCUT2D eigenvalue weighted by atomic mass is 16.5. The zero-order valence-electron chi connectivity index (χ0n) is 17.4. The van der Waals surface area contributed by atoms with Crippen LogP contribution in [0.3, 0.4) is 0 Å². The number of nitrogens with one attached hydrogen (secondary N) is 1. The molecule has 6 heteroatoms. The van der Waals surface area contributed by atoms with Crippen LogP contribution in [0.2, 0.25) is 0 Å². The number of benzene rings is 2. The van der Waals surface area contributed by atoms with E-state index in [0.717, 1.165) is 18.4 Å². The molecule has 0 unspecified atom stereocenters. The van der Waals surface area contributed by atoms with Crippen LogP contribution in [0.25, 0.3) is 0 Å². The van der Waals surface area contributed by atoms with Crippen molar-refractivity contribution in [3.8, 4) is 0 Å². The summed E-state index contributed by atoms with van der Waals surface area (Å²) in [4.78, 5) is 27.7. The standard InChI is InChI=1S/C24H28N2O4/c1-16-15-30-22(18-8-4-3-5-9-18)17(2)26(16)24(28)19-10-6-11-20(14-19)25-23(27)21-12-7-13-29-21/h3-6,8-11,14,16-17,21-22H,7,12-13,15H2,1-2H3,(H,25,27)/t16-,17+,21+,22+/m1/s1. The van der Waals surface area contributed by atoms with E-state index in [2.05, 4.69) is 5.32 Å². The fourth-order valence-electron chi connectivity index (χ4n) is 4.30. The van der Waals surface area contributed by atoms with Gasteiger partial charge in [-0.25, -0.2) is 0 Å². The van der Waals surface area contributed by atoms with Gasteiger partial charge < -0.3 is 19.7 Å². The lowest BCUT2D eigenvalue weighted by molar-refractivity contribution is -0.124. The van der Waals surface area contributed by atoms with Crippen molar-refractivity contribution in [2.75, 3.05) is 18.5 Å². The molecule has 158 valence electrons. The van der Waals surface area contributed by atoms with Crippen molar-refractivity contribution in [2.24, 2.45) is 0 Å². The average molecular weight is 408 g/mol. The molecule has 2 heterocycles. The Balaban J connectivity index is 1.51. The Labute approximate surface area is 177 Å². The molecule has 2 aromatic carbocycles. The van der Waals surface area contributed by atoms with Gasteiger partial charge in [0.05, 0.1) is 18.7 Å². The molecule has 2 fully saturated rings. The first-order chi connectivity index (χ1) is 14.5. The maximum atomic E-state index is 13.4. The van der Waals surface area contributed by atoms with Crippen LogP contribution in [0, 0.1) is 0 Å². The zero-order valence-corrected chi connectivity index (χ0v) is 17.4. The average Bonchev–Trinajstić information content (AvgIpc) is 3.30. The summed E-state index contributed by atoms with van der Waals surface area (Å²) in [6.45, 7) is 5.12. The van der Waals surface area contributed by atoms with Crippen LogP contribution >= 0.6 is 0 Å². The Hall–Kier alpha value is -2.70. The quantitative estimate of drug-likeness (QED) is 0.836. The monoisotopic (exact) mass is 408 g/mol. The van der Waals surface area contributed by atoms with Crippen molar-refractivity contribution in [3.05, 3.63) is 65.7 Å². The van der Waals surface area contributed by atoms with E-state index in [0.29, 0.717) is 24.5 Å². The van der Waals surface area contributed by atoms with Gasteiger partial charge in [-0.3, -0.25) is 9.59 Å². The molecule has 1 N–H and O–H groups in total. The van der Waals surface area contributed by atoms with E-state index in [1.165, 1.54) is 0 Å². The number of rotatable bonds is 4. The van der Waals surface area contributed by atoms with Crippen molar-refractivity contribution < 1.29 is 19.1 Å². The van der Waals surface area contributed by atoms with Crippen LogP contribution < -0.4 is 5.32 Å². The van der Waals surface area contributed by atoms with Gasteiger partial charge in [0.1, 0.15) is 12.2 Å². The molecule has 0 aromatic heterocycles. The molecule has 0 saturated carbocycles. The van der Waals surface area contributed by atoms with Crippen LogP contribution in [0.1, 0.15) is 48.7 Å². The van der Waals surface area contributed by atoms with E-state index in [9.17, 15) is 9.59 Å². The summed E-state index contributed by atoms with van der Waals surface area (Å²) in [5.41, 5.74) is 2.22. The van der Waals surface area contributed by atoms with Gasteiger partial charge in [-0.15, -0.1) is 0 Å². The molecule has 0 aliphatic carbocycles. The Morgan fingerprint density at radius 2 is 1.83 bits per heavy atom. The first-order valence-electron chi connectivity index (χ1n) is 10.6. The molecule has 2 aliphatic rings. The van der Waals surface area contributed by atoms with E-state index in [1.807, 2.05) is 49.1 Å². The minimum atomic E-state index is -0.407. The highest BCUT2D eigenvalue weighted by Crippen LogP contribution is 2.32. The SMILES string of the molecule is C[C@@H]1CO[C@H](c2ccccc2)[C@H](C)N1C(=O)c1cccc(NC(=O)[C@@H]2CCCO2)c1. The van der Waals surface area contributed by atoms with Crippen molar-refractivity contribution >= 4 is 17.5 Å². The number of ether oxygens (including phenoxy) is 2. The molecule has 6 nitrogen and oxygen atoms in total. The maximum Gasteiger partial charge on any atom is 0.254 e. The van der Waals surface area contributed by atoms with E-state index < -0.39 is 6.10 Å². The fraction of sp³-hybridized carbons (Fsp3) is 0.417. The van der Waals surface area contributed by atoms with Crippen LogP contribution in [-0.4, -0.2) is 48.1 Å². The van der Waals surface area contributed by atoms with Gasteiger partial charge in [-0.1, -0.05) is 36.4 Å². The third kappa shape index (κ3) is 4.25. The number of amides is 2. The first-order valence-corrected chi connectivity index (χ1v) is 10.6. The second-order valence-electron chi connectivity index (χ2n) is 8.04. The third-order valence-corrected chi connectivity index (χ3v) is 5.83.